The van der Waals surface area contributed by atoms with Gasteiger partial charge in [-0.2, -0.15) is 0 Å². The Bertz CT molecular complexity index is 487. The predicted molar refractivity (Wildman–Crippen MR) is 69.3 cm³/mol. The molecule has 0 spiro atoms. The zero-order valence-corrected chi connectivity index (χ0v) is 10.3. The molecule has 3 N–H and O–H groups in total. The summed E-state index contributed by atoms with van der Waals surface area (Å²) >= 11 is 3.52. The molecule has 0 aliphatic heterocycles. The van der Waals surface area contributed by atoms with E-state index in [0.717, 1.165) is 15.6 Å². The summed E-state index contributed by atoms with van der Waals surface area (Å²) in [5, 5.41) is 2.35. The van der Waals surface area contributed by atoms with E-state index in [1.807, 2.05) is 30.3 Å². The molecule has 4 heteroatoms. The largest absolute Gasteiger partial charge is 0.492 e. The number of benzene rings is 2. The minimum Gasteiger partial charge on any atom is -0.492 e. The van der Waals surface area contributed by atoms with Gasteiger partial charge in [0.05, 0.1) is 0 Å². The summed E-state index contributed by atoms with van der Waals surface area (Å²) in [6.45, 7) is 1.20. The molecule has 3 nitrogen and oxygen atoms in total. The Morgan fingerprint density at radius 3 is 2.94 bits per heavy atom. The van der Waals surface area contributed by atoms with E-state index in [1.165, 1.54) is 5.39 Å². The number of nitrogens with one attached hydrogen (secondary N) is 1. The van der Waals surface area contributed by atoms with Crippen molar-refractivity contribution in [2.45, 2.75) is 0 Å². The van der Waals surface area contributed by atoms with Crippen LogP contribution in [0, 0.1) is 0 Å². The number of nitrogens with two attached hydrogens (primary N) is 1. The van der Waals surface area contributed by atoms with Gasteiger partial charge >= 0.3 is 0 Å². The molecular weight excluding hydrogens is 268 g/mol. The molecule has 2 rings (SSSR count). The minimum absolute atomic E-state index is 0.565. The third kappa shape index (κ3) is 2.52. The molecule has 16 heavy (non-hydrogen) atoms. The first-order chi connectivity index (χ1) is 7.81. The van der Waals surface area contributed by atoms with Crippen molar-refractivity contribution >= 4 is 26.7 Å². The van der Waals surface area contributed by atoms with Gasteiger partial charge in [-0.3, -0.25) is 11.3 Å². The fourth-order valence-electron chi connectivity index (χ4n) is 1.54. The van der Waals surface area contributed by atoms with Gasteiger partial charge in [0.15, 0.2) is 0 Å². The molecule has 0 unspecified atom stereocenters. The Hall–Kier alpha value is -1.10. The van der Waals surface area contributed by atoms with Crippen molar-refractivity contribution in [2.75, 3.05) is 13.2 Å². The van der Waals surface area contributed by atoms with Crippen molar-refractivity contribution in [1.82, 2.24) is 5.43 Å². The molecule has 0 bridgehead atoms. The minimum atomic E-state index is 0.565. The molecule has 0 heterocycles. The molecule has 0 atom stereocenters. The second kappa shape index (κ2) is 5.30. The van der Waals surface area contributed by atoms with Crippen molar-refractivity contribution < 1.29 is 4.74 Å². The van der Waals surface area contributed by atoms with Crippen LogP contribution in [0.1, 0.15) is 0 Å². The first-order valence-corrected chi connectivity index (χ1v) is 5.85. The lowest BCUT2D eigenvalue weighted by molar-refractivity contribution is 0.315. The van der Waals surface area contributed by atoms with Gasteiger partial charge in [-0.05, 0) is 35.0 Å². The number of ether oxygens (including phenoxy) is 1. The van der Waals surface area contributed by atoms with Crippen molar-refractivity contribution in [3.05, 3.63) is 40.9 Å². The van der Waals surface area contributed by atoms with E-state index in [1.54, 1.807) is 0 Å². The van der Waals surface area contributed by atoms with Gasteiger partial charge in [-0.25, -0.2) is 0 Å². The van der Waals surface area contributed by atoms with Crippen LogP contribution in [0.25, 0.3) is 10.8 Å². The van der Waals surface area contributed by atoms with Gasteiger partial charge in [-0.15, -0.1) is 0 Å². The number of hydrogen-bond acceptors (Lipinski definition) is 3. The van der Waals surface area contributed by atoms with Gasteiger partial charge in [0.25, 0.3) is 0 Å². The SMILES string of the molecule is NNCCOc1ccc2c(Br)cccc2c1. The third-order valence-electron chi connectivity index (χ3n) is 2.31. The fourth-order valence-corrected chi connectivity index (χ4v) is 2.05. The number of halogens is 1. The van der Waals surface area contributed by atoms with Gasteiger partial charge in [-0.1, -0.05) is 28.1 Å². The Morgan fingerprint density at radius 1 is 1.25 bits per heavy atom. The number of fused-ring (bicyclic) bond motifs is 1. The highest BCUT2D eigenvalue weighted by Crippen LogP contribution is 2.26. The summed E-state index contributed by atoms with van der Waals surface area (Å²) in [5.74, 6) is 6.03. The molecule has 0 aromatic heterocycles. The highest BCUT2D eigenvalue weighted by Gasteiger charge is 2.00. The van der Waals surface area contributed by atoms with E-state index in [9.17, 15) is 0 Å². The maximum absolute atomic E-state index is 5.54. The van der Waals surface area contributed by atoms with Crippen molar-refractivity contribution in [2.24, 2.45) is 5.84 Å². The monoisotopic (exact) mass is 280 g/mol. The van der Waals surface area contributed by atoms with E-state index in [2.05, 4.69) is 27.4 Å². The number of hydrazine groups is 1. The Morgan fingerprint density at radius 2 is 2.12 bits per heavy atom. The lowest BCUT2D eigenvalue weighted by Crippen LogP contribution is -2.27. The average molecular weight is 281 g/mol. The summed E-state index contributed by atoms with van der Waals surface area (Å²) < 4.78 is 6.63. The highest BCUT2D eigenvalue weighted by molar-refractivity contribution is 9.10. The van der Waals surface area contributed by atoms with Crippen LogP contribution < -0.4 is 16.0 Å². The lowest BCUT2D eigenvalue weighted by Gasteiger charge is -2.07. The van der Waals surface area contributed by atoms with Crippen LogP contribution in [-0.2, 0) is 0 Å². The first-order valence-electron chi connectivity index (χ1n) is 5.06. The van der Waals surface area contributed by atoms with E-state index < -0.39 is 0 Å². The second-order valence-electron chi connectivity index (χ2n) is 3.43. The van der Waals surface area contributed by atoms with Crippen molar-refractivity contribution in [1.29, 1.82) is 0 Å². The molecule has 0 aliphatic rings. The van der Waals surface area contributed by atoms with Gasteiger partial charge in [0.2, 0.25) is 0 Å². The van der Waals surface area contributed by atoms with Crippen LogP contribution in [0.5, 0.6) is 5.75 Å². The number of rotatable bonds is 4. The van der Waals surface area contributed by atoms with Gasteiger partial charge in [0.1, 0.15) is 12.4 Å². The van der Waals surface area contributed by atoms with E-state index in [0.29, 0.717) is 13.2 Å². The molecule has 0 fully saturated rings. The topological polar surface area (TPSA) is 47.3 Å². The van der Waals surface area contributed by atoms with Crippen LogP contribution in [0.3, 0.4) is 0 Å². The summed E-state index contributed by atoms with van der Waals surface area (Å²) in [7, 11) is 0. The van der Waals surface area contributed by atoms with Crippen LogP contribution in [0.15, 0.2) is 40.9 Å². The van der Waals surface area contributed by atoms with Crippen molar-refractivity contribution in [3.8, 4) is 5.75 Å². The van der Waals surface area contributed by atoms with Gasteiger partial charge < -0.3 is 4.74 Å². The Balaban J connectivity index is 2.23. The lowest BCUT2D eigenvalue weighted by atomic mass is 10.1. The van der Waals surface area contributed by atoms with Crippen LogP contribution >= 0.6 is 15.9 Å². The second-order valence-corrected chi connectivity index (χ2v) is 4.28. The summed E-state index contributed by atoms with van der Waals surface area (Å²) in [6, 6.07) is 12.1. The molecule has 0 amide bonds. The maximum Gasteiger partial charge on any atom is 0.120 e. The smallest absolute Gasteiger partial charge is 0.120 e. The molecule has 0 saturated carbocycles. The molecule has 2 aromatic carbocycles. The van der Waals surface area contributed by atoms with E-state index in [4.69, 9.17) is 10.6 Å². The molecule has 84 valence electrons. The van der Waals surface area contributed by atoms with E-state index in [-0.39, 0.29) is 0 Å². The van der Waals surface area contributed by atoms with Crippen LogP contribution in [0.4, 0.5) is 0 Å². The molecular formula is C12H13BrN2O. The normalized spacial score (nSPS) is 10.6. The zero-order chi connectivity index (χ0) is 11.4. The molecule has 2 aromatic rings. The molecule has 0 aliphatic carbocycles. The van der Waals surface area contributed by atoms with Crippen LogP contribution in [-0.4, -0.2) is 13.2 Å². The molecule has 0 saturated heterocycles. The van der Waals surface area contributed by atoms with Crippen molar-refractivity contribution in [3.63, 3.8) is 0 Å². The third-order valence-corrected chi connectivity index (χ3v) is 3.01. The zero-order valence-electron chi connectivity index (χ0n) is 8.74. The predicted octanol–water partition coefficient (Wildman–Crippen LogP) is 2.44. The Kier molecular flexibility index (Phi) is 3.77. The quantitative estimate of drug-likeness (QED) is 0.514. The Labute approximate surface area is 103 Å². The van der Waals surface area contributed by atoms with Crippen LogP contribution in [0.2, 0.25) is 0 Å². The standard InChI is InChI=1S/C12H13BrN2O/c13-12-3-1-2-9-8-10(4-5-11(9)12)16-7-6-15-14/h1-5,8,15H,6-7,14H2. The molecule has 0 radical (unpaired) electrons. The van der Waals surface area contributed by atoms with E-state index >= 15 is 0 Å². The van der Waals surface area contributed by atoms with Gasteiger partial charge in [0, 0.05) is 11.0 Å². The summed E-state index contributed by atoms with van der Waals surface area (Å²) in [6.07, 6.45) is 0. The summed E-state index contributed by atoms with van der Waals surface area (Å²) in [5.41, 5.74) is 2.55. The average Bonchev–Trinajstić information content (AvgIpc) is 2.30. The highest BCUT2D eigenvalue weighted by atomic mass is 79.9. The first kappa shape index (κ1) is 11.4. The number of hydrogen-bond donors (Lipinski definition) is 2. The fraction of sp³-hybridized carbons (Fsp3) is 0.167. The summed E-state index contributed by atoms with van der Waals surface area (Å²) in [4.78, 5) is 0. The maximum atomic E-state index is 5.54.